The second kappa shape index (κ2) is 2.31. The Kier molecular flexibility index (Phi) is 1.59. The van der Waals surface area contributed by atoms with E-state index in [1.807, 2.05) is 0 Å². The molecule has 2 N–H and O–H groups in total. The Balaban J connectivity index is 2.73. The molecule has 2 fully saturated rings. The first-order chi connectivity index (χ1) is 6.72. The summed E-state index contributed by atoms with van der Waals surface area (Å²) in [5.41, 5.74) is 2.73. The number of primary amides is 1. The van der Waals surface area contributed by atoms with Crippen LogP contribution in [0.15, 0.2) is 0 Å². The van der Waals surface area contributed by atoms with Crippen LogP contribution in [0.25, 0.3) is 0 Å². The van der Waals surface area contributed by atoms with Gasteiger partial charge in [-0.05, 0) is 18.3 Å². The van der Waals surface area contributed by atoms with Crippen molar-refractivity contribution in [3.05, 3.63) is 0 Å². The van der Waals surface area contributed by atoms with Crippen LogP contribution < -0.4 is 5.73 Å². The maximum atomic E-state index is 11.9. The quantitative estimate of drug-likeness (QED) is 0.502. The van der Waals surface area contributed by atoms with E-state index in [1.165, 1.54) is 0 Å². The van der Waals surface area contributed by atoms with Crippen molar-refractivity contribution in [2.45, 2.75) is 33.6 Å². The van der Waals surface area contributed by atoms with Gasteiger partial charge in [-0.1, -0.05) is 20.8 Å². The van der Waals surface area contributed by atoms with E-state index in [1.54, 1.807) is 20.8 Å². The van der Waals surface area contributed by atoms with E-state index in [-0.39, 0.29) is 0 Å². The number of ketones is 2. The minimum atomic E-state index is -1.25. The summed E-state index contributed by atoms with van der Waals surface area (Å²) >= 11 is 0. The smallest absolute Gasteiger partial charge is 0.232 e. The molecule has 0 aromatic heterocycles. The van der Waals surface area contributed by atoms with Crippen LogP contribution in [0.3, 0.4) is 0 Å². The van der Waals surface area contributed by atoms with Gasteiger partial charge in [0.05, 0.1) is 0 Å². The summed E-state index contributed by atoms with van der Waals surface area (Å²) in [5, 5.41) is 0. The van der Waals surface area contributed by atoms with Gasteiger partial charge in [-0.2, -0.15) is 0 Å². The Bertz CT molecular complexity index is 399. The van der Waals surface area contributed by atoms with Crippen LogP contribution in [-0.4, -0.2) is 17.5 Å². The number of rotatable bonds is 1. The predicted molar refractivity (Wildman–Crippen MR) is 52.8 cm³/mol. The molecule has 0 saturated heterocycles. The number of hydrogen-bond acceptors (Lipinski definition) is 3. The van der Waals surface area contributed by atoms with E-state index in [0.717, 1.165) is 0 Å². The molecule has 0 radical (unpaired) electrons. The Morgan fingerprint density at radius 3 is 1.93 bits per heavy atom. The molecular formula is C11H15NO3. The van der Waals surface area contributed by atoms with E-state index in [0.29, 0.717) is 12.8 Å². The molecule has 0 aromatic rings. The van der Waals surface area contributed by atoms with Crippen LogP contribution in [0.4, 0.5) is 0 Å². The molecule has 0 aliphatic heterocycles. The fourth-order valence-electron chi connectivity index (χ4n) is 3.32. The van der Waals surface area contributed by atoms with Gasteiger partial charge in [0.2, 0.25) is 17.5 Å². The first-order valence-corrected chi connectivity index (χ1v) is 5.11. The summed E-state index contributed by atoms with van der Waals surface area (Å²) in [6, 6.07) is 0. The molecular weight excluding hydrogens is 194 g/mol. The fraction of sp³-hybridized carbons (Fsp3) is 0.727. The lowest BCUT2D eigenvalue weighted by molar-refractivity contribution is -0.148. The zero-order valence-corrected chi connectivity index (χ0v) is 9.22. The van der Waals surface area contributed by atoms with Crippen molar-refractivity contribution in [2.75, 3.05) is 0 Å². The second-order valence-electron chi connectivity index (χ2n) is 5.38. The third-order valence-corrected chi connectivity index (χ3v) is 4.96. The molecule has 2 atom stereocenters. The first-order valence-electron chi connectivity index (χ1n) is 5.11. The molecule has 15 heavy (non-hydrogen) atoms. The molecule has 0 aromatic carbocycles. The number of amides is 1. The molecule has 1 amide bonds. The van der Waals surface area contributed by atoms with Crippen molar-refractivity contribution in [3.63, 3.8) is 0 Å². The number of carbonyl (C=O) groups excluding carboxylic acids is 3. The summed E-state index contributed by atoms with van der Waals surface area (Å²) < 4.78 is 0. The van der Waals surface area contributed by atoms with E-state index in [2.05, 4.69) is 0 Å². The molecule has 4 heteroatoms. The molecule has 2 aliphatic carbocycles. The zero-order valence-electron chi connectivity index (χ0n) is 9.22. The van der Waals surface area contributed by atoms with Crippen molar-refractivity contribution in [1.29, 1.82) is 0 Å². The normalized spacial score (nSPS) is 42.3. The Hall–Kier alpha value is -1.19. The molecule has 2 bridgehead atoms. The van der Waals surface area contributed by atoms with Gasteiger partial charge in [0, 0.05) is 5.41 Å². The van der Waals surface area contributed by atoms with Crippen LogP contribution in [0, 0.1) is 16.2 Å². The highest BCUT2D eigenvalue weighted by Crippen LogP contribution is 2.68. The topological polar surface area (TPSA) is 77.2 Å². The van der Waals surface area contributed by atoms with Crippen LogP contribution in [-0.2, 0) is 14.4 Å². The highest BCUT2D eigenvalue weighted by molar-refractivity contribution is 6.48. The number of nitrogens with two attached hydrogens (primary N) is 1. The number of fused-ring (bicyclic) bond motifs is 2. The second-order valence-corrected chi connectivity index (χ2v) is 5.38. The summed E-state index contributed by atoms with van der Waals surface area (Å²) in [5.74, 6) is -1.64. The highest BCUT2D eigenvalue weighted by atomic mass is 16.2. The molecule has 2 saturated carbocycles. The monoisotopic (exact) mass is 209 g/mol. The summed E-state index contributed by atoms with van der Waals surface area (Å²) in [6.45, 7) is 5.37. The lowest BCUT2D eigenvalue weighted by Crippen LogP contribution is -2.48. The van der Waals surface area contributed by atoms with Gasteiger partial charge >= 0.3 is 0 Å². The van der Waals surface area contributed by atoms with Gasteiger partial charge in [0.25, 0.3) is 0 Å². The Morgan fingerprint density at radius 1 is 1.13 bits per heavy atom. The summed E-state index contributed by atoms with van der Waals surface area (Å²) in [6.07, 6.45) is 0.990. The fourth-order valence-corrected chi connectivity index (χ4v) is 3.32. The van der Waals surface area contributed by atoms with Crippen LogP contribution in [0.5, 0.6) is 0 Å². The molecule has 0 heterocycles. The summed E-state index contributed by atoms with van der Waals surface area (Å²) in [4.78, 5) is 35.3. The molecule has 0 unspecified atom stereocenters. The third kappa shape index (κ3) is 0.713. The van der Waals surface area contributed by atoms with Crippen LogP contribution >= 0.6 is 0 Å². The van der Waals surface area contributed by atoms with Gasteiger partial charge in [-0.15, -0.1) is 0 Å². The van der Waals surface area contributed by atoms with Crippen molar-refractivity contribution >= 4 is 17.5 Å². The largest absolute Gasteiger partial charge is 0.369 e. The average molecular weight is 209 g/mol. The predicted octanol–water partition coefficient (Wildman–Crippen LogP) is 0.436. The third-order valence-electron chi connectivity index (χ3n) is 4.96. The summed E-state index contributed by atoms with van der Waals surface area (Å²) in [7, 11) is 0. The number of hydrogen-bond donors (Lipinski definition) is 1. The van der Waals surface area contributed by atoms with Crippen LogP contribution in [0.2, 0.25) is 0 Å². The van der Waals surface area contributed by atoms with E-state index in [4.69, 9.17) is 5.73 Å². The first kappa shape index (κ1) is 10.3. The lowest BCUT2D eigenvalue weighted by Gasteiger charge is -2.35. The zero-order chi connectivity index (χ0) is 11.6. The number of Topliss-reactive ketones (excluding diaryl/α,β-unsaturated/α-hetero) is 2. The molecule has 4 nitrogen and oxygen atoms in total. The lowest BCUT2D eigenvalue weighted by atomic mass is 9.64. The standard InChI is InChI=1S/C11H15NO3/c1-9(2)10(3)4-5-11(9,8(12)15)7(14)6(10)13/h4-5H2,1-3H3,(H2,12,15)/t10-,11-/m0/s1. The highest BCUT2D eigenvalue weighted by Gasteiger charge is 2.77. The Morgan fingerprint density at radius 2 is 1.67 bits per heavy atom. The van der Waals surface area contributed by atoms with Crippen molar-refractivity contribution in [3.8, 4) is 0 Å². The van der Waals surface area contributed by atoms with Gasteiger partial charge in [-0.3, -0.25) is 14.4 Å². The van der Waals surface area contributed by atoms with Crippen molar-refractivity contribution in [2.24, 2.45) is 22.0 Å². The average Bonchev–Trinajstić information content (AvgIpc) is 2.39. The van der Waals surface area contributed by atoms with Gasteiger partial charge < -0.3 is 5.73 Å². The molecule has 2 rings (SSSR count). The van der Waals surface area contributed by atoms with Crippen molar-refractivity contribution < 1.29 is 14.4 Å². The van der Waals surface area contributed by atoms with Crippen molar-refractivity contribution in [1.82, 2.24) is 0 Å². The van der Waals surface area contributed by atoms with E-state index < -0.39 is 33.7 Å². The van der Waals surface area contributed by atoms with Crippen LogP contribution in [0.1, 0.15) is 33.6 Å². The number of carbonyl (C=O) groups is 3. The minimum Gasteiger partial charge on any atom is -0.369 e. The maximum absolute atomic E-state index is 11.9. The van der Waals surface area contributed by atoms with Gasteiger partial charge in [-0.25, -0.2) is 0 Å². The maximum Gasteiger partial charge on any atom is 0.232 e. The van der Waals surface area contributed by atoms with Gasteiger partial charge in [0.1, 0.15) is 5.41 Å². The SMILES string of the molecule is CC1(C)[C@@]2(C(N)=O)CC[C@@]1(C)C(=O)C2=O. The molecule has 0 spiro atoms. The molecule has 2 aliphatic rings. The van der Waals surface area contributed by atoms with E-state index >= 15 is 0 Å². The molecule has 82 valence electrons. The van der Waals surface area contributed by atoms with E-state index in [9.17, 15) is 14.4 Å². The minimum absolute atomic E-state index is 0.413. The Labute approximate surface area is 88.2 Å². The van der Waals surface area contributed by atoms with Gasteiger partial charge in [0.15, 0.2) is 0 Å².